The van der Waals surface area contributed by atoms with Gasteiger partial charge in [-0.25, -0.2) is 9.36 Å². The molecule has 0 heterocycles. The summed E-state index contributed by atoms with van der Waals surface area (Å²) < 4.78 is 14.0. The average molecular weight is 194 g/mol. The van der Waals surface area contributed by atoms with Crippen LogP contribution < -0.4 is 0 Å². The number of carbonyl (C=O) groups excluding carboxylic acids is 1. The first-order valence-corrected chi connectivity index (χ1v) is 4.70. The Kier molecular flexibility index (Phi) is 3.64. The van der Waals surface area contributed by atoms with Gasteiger partial charge in [-0.2, -0.15) is 0 Å². The topological polar surface area (TPSA) is 83.8 Å². The number of carbonyl (C=O) groups is 1. The Bertz CT molecular complexity index is 257. The molecule has 0 fully saturated rings. The Balaban J connectivity index is 4.47. The number of allylic oxidation sites excluding steroid dienone is 1. The lowest BCUT2D eigenvalue weighted by molar-refractivity contribution is -0.131. The molecule has 0 atom stereocenters. The first kappa shape index (κ1) is 11.4. The van der Waals surface area contributed by atoms with Crippen molar-refractivity contribution in [3.05, 3.63) is 11.1 Å². The molecule has 0 amide bonds. The Morgan fingerprint density at radius 2 is 1.67 bits per heavy atom. The van der Waals surface area contributed by atoms with Gasteiger partial charge in [-0.15, -0.1) is 0 Å². The van der Waals surface area contributed by atoms with Crippen molar-refractivity contribution in [3.8, 4) is 0 Å². The van der Waals surface area contributed by atoms with Crippen molar-refractivity contribution in [3.63, 3.8) is 0 Å². The molecule has 70 valence electrons. The number of phosphoric acid groups is 1. The van der Waals surface area contributed by atoms with Gasteiger partial charge in [-0.1, -0.05) is 5.57 Å². The summed E-state index contributed by atoms with van der Waals surface area (Å²) in [6.45, 7) is 4.74. The highest BCUT2D eigenvalue weighted by molar-refractivity contribution is 7.46. The molecule has 0 spiro atoms. The monoisotopic (exact) mass is 194 g/mol. The maximum absolute atomic E-state index is 10.8. The van der Waals surface area contributed by atoms with E-state index in [1.165, 1.54) is 6.92 Å². The highest BCUT2D eigenvalue weighted by atomic mass is 31.2. The van der Waals surface area contributed by atoms with Crippen molar-refractivity contribution in [2.75, 3.05) is 0 Å². The van der Waals surface area contributed by atoms with Crippen LogP contribution in [-0.2, 0) is 13.9 Å². The molecule has 2 N–H and O–H groups in total. The predicted molar refractivity (Wildman–Crippen MR) is 42.2 cm³/mol. The van der Waals surface area contributed by atoms with Crippen LogP contribution in [0.25, 0.3) is 0 Å². The van der Waals surface area contributed by atoms with E-state index in [1.807, 2.05) is 0 Å². The molecule has 12 heavy (non-hydrogen) atoms. The van der Waals surface area contributed by atoms with Gasteiger partial charge in [0.05, 0.1) is 0 Å². The second kappa shape index (κ2) is 3.85. The summed E-state index contributed by atoms with van der Waals surface area (Å²) in [6.07, 6.45) is 0. The zero-order chi connectivity index (χ0) is 9.94. The zero-order valence-electron chi connectivity index (χ0n) is 7.07. The lowest BCUT2D eigenvalue weighted by Gasteiger charge is -2.05. The van der Waals surface area contributed by atoms with E-state index in [-0.39, 0.29) is 5.57 Å². The van der Waals surface area contributed by atoms with Gasteiger partial charge in [0.25, 0.3) is 0 Å². The SMILES string of the molecule is CC(C)=C(C)C(=O)OP(=O)(O)O. The molecule has 0 aromatic carbocycles. The van der Waals surface area contributed by atoms with Crippen LogP contribution in [-0.4, -0.2) is 15.8 Å². The first-order chi connectivity index (χ1) is 5.24. The molecular weight excluding hydrogens is 183 g/mol. The van der Waals surface area contributed by atoms with Crippen LogP contribution in [0.3, 0.4) is 0 Å². The van der Waals surface area contributed by atoms with Crippen molar-refractivity contribution < 1.29 is 23.7 Å². The van der Waals surface area contributed by atoms with Crippen molar-refractivity contribution in [1.82, 2.24) is 0 Å². The fourth-order valence-electron chi connectivity index (χ4n) is 0.381. The lowest BCUT2D eigenvalue weighted by Crippen LogP contribution is -2.04. The minimum atomic E-state index is -4.70. The Hall–Kier alpha value is -0.640. The second-order valence-electron chi connectivity index (χ2n) is 2.49. The van der Waals surface area contributed by atoms with Crippen molar-refractivity contribution in [2.24, 2.45) is 0 Å². The fourth-order valence-corrected chi connectivity index (χ4v) is 0.734. The summed E-state index contributed by atoms with van der Waals surface area (Å²) in [5.41, 5.74) is 0.867. The summed E-state index contributed by atoms with van der Waals surface area (Å²) >= 11 is 0. The number of rotatable bonds is 2. The molecule has 0 saturated carbocycles. The maximum Gasteiger partial charge on any atom is 0.527 e. The van der Waals surface area contributed by atoms with Gasteiger partial charge in [-0.05, 0) is 20.8 Å². The van der Waals surface area contributed by atoms with Gasteiger partial charge in [-0.3, -0.25) is 9.79 Å². The van der Waals surface area contributed by atoms with Gasteiger partial charge < -0.3 is 4.52 Å². The standard InChI is InChI=1S/C6H11O5P/c1-4(2)5(3)6(7)11-12(8,9)10/h1-3H3,(H2,8,9,10). The van der Waals surface area contributed by atoms with Crippen LogP contribution in [0.1, 0.15) is 20.8 Å². The minimum absolute atomic E-state index is 0.207. The molecule has 0 aliphatic rings. The maximum atomic E-state index is 10.8. The molecular formula is C6H11O5P. The summed E-state index contributed by atoms with van der Waals surface area (Å²) in [5, 5.41) is 0. The molecule has 0 bridgehead atoms. The molecule has 6 heteroatoms. The number of hydrogen-bond donors (Lipinski definition) is 2. The van der Waals surface area contributed by atoms with E-state index in [0.29, 0.717) is 5.57 Å². The van der Waals surface area contributed by atoms with Crippen LogP contribution in [0.2, 0.25) is 0 Å². The van der Waals surface area contributed by atoms with Gasteiger partial charge in [0, 0.05) is 5.57 Å². The molecule has 0 aromatic heterocycles. The van der Waals surface area contributed by atoms with E-state index in [4.69, 9.17) is 9.79 Å². The van der Waals surface area contributed by atoms with Crippen LogP contribution in [0.5, 0.6) is 0 Å². The van der Waals surface area contributed by atoms with Crippen LogP contribution in [0, 0.1) is 0 Å². The summed E-state index contributed by atoms with van der Waals surface area (Å²) in [4.78, 5) is 27.4. The normalized spacial score (nSPS) is 10.8. The van der Waals surface area contributed by atoms with E-state index in [2.05, 4.69) is 4.52 Å². The Labute approximate surface area is 70.3 Å². The Morgan fingerprint density at radius 3 is 1.92 bits per heavy atom. The second-order valence-corrected chi connectivity index (χ2v) is 3.66. The third kappa shape index (κ3) is 4.28. The molecule has 0 aliphatic carbocycles. The lowest BCUT2D eigenvalue weighted by atomic mass is 10.2. The largest absolute Gasteiger partial charge is 0.527 e. The molecule has 5 nitrogen and oxygen atoms in total. The zero-order valence-corrected chi connectivity index (χ0v) is 7.96. The van der Waals surface area contributed by atoms with Crippen molar-refractivity contribution >= 4 is 13.8 Å². The molecule has 0 radical (unpaired) electrons. The molecule has 0 aromatic rings. The van der Waals surface area contributed by atoms with E-state index in [1.54, 1.807) is 13.8 Å². The van der Waals surface area contributed by atoms with E-state index < -0.39 is 13.8 Å². The van der Waals surface area contributed by atoms with E-state index in [0.717, 1.165) is 0 Å². The van der Waals surface area contributed by atoms with Gasteiger partial charge in [0.15, 0.2) is 0 Å². The van der Waals surface area contributed by atoms with Crippen molar-refractivity contribution in [1.29, 1.82) is 0 Å². The summed E-state index contributed by atoms with van der Waals surface area (Å²) in [6, 6.07) is 0. The Morgan fingerprint density at radius 1 is 1.25 bits per heavy atom. The predicted octanol–water partition coefficient (Wildman–Crippen LogP) is 0.979. The average Bonchev–Trinajstić information content (AvgIpc) is 1.82. The summed E-state index contributed by atoms with van der Waals surface area (Å²) in [5.74, 6) is -0.983. The smallest absolute Gasteiger partial charge is 0.367 e. The van der Waals surface area contributed by atoms with Gasteiger partial charge >= 0.3 is 13.8 Å². The van der Waals surface area contributed by atoms with Gasteiger partial charge in [0.1, 0.15) is 0 Å². The fraction of sp³-hybridized carbons (Fsp3) is 0.500. The third-order valence-electron chi connectivity index (χ3n) is 1.26. The highest BCUT2D eigenvalue weighted by Crippen LogP contribution is 2.36. The summed E-state index contributed by atoms with van der Waals surface area (Å²) in [7, 11) is -4.70. The first-order valence-electron chi connectivity index (χ1n) is 3.17. The van der Waals surface area contributed by atoms with E-state index in [9.17, 15) is 9.36 Å². The minimum Gasteiger partial charge on any atom is -0.367 e. The number of hydrogen-bond acceptors (Lipinski definition) is 3. The molecule has 0 rings (SSSR count). The third-order valence-corrected chi connectivity index (χ3v) is 1.66. The van der Waals surface area contributed by atoms with Crippen LogP contribution in [0.4, 0.5) is 0 Å². The van der Waals surface area contributed by atoms with Crippen LogP contribution >= 0.6 is 7.82 Å². The van der Waals surface area contributed by atoms with E-state index >= 15 is 0 Å². The number of phosphoric ester groups is 1. The van der Waals surface area contributed by atoms with Crippen LogP contribution in [0.15, 0.2) is 11.1 Å². The molecule has 0 unspecified atom stereocenters. The van der Waals surface area contributed by atoms with Gasteiger partial charge in [0.2, 0.25) is 0 Å². The highest BCUT2D eigenvalue weighted by Gasteiger charge is 2.21. The molecule has 0 saturated heterocycles. The quantitative estimate of drug-likeness (QED) is 0.505. The molecule has 0 aliphatic heterocycles. The van der Waals surface area contributed by atoms with Crippen molar-refractivity contribution in [2.45, 2.75) is 20.8 Å².